The molecule has 2 aromatic rings. The van der Waals surface area contributed by atoms with E-state index in [1.165, 1.54) is 31.2 Å². The first kappa shape index (κ1) is 20.1. The number of nitrogens with two attached hydrogens (primary N) is 1. The van der Waals surface area contributed by atoms with Crippen molar-refractivity contribution < 1.29 is 23.9 Å². The van der Waals surface area contributed by atoms with Crippen LogP contribution in [0.1, 0.15) is 40.5 Å². The van der Waals surface area contributed by atoms with Crippen LogP contribution < -0.4 is 16.0 Å². The number of esters is 1. The molecule has 0 saturated carbocycles. The number of nitrogens with zero attached hydrogens (tertiary/aromatic N) is 1. The summed E-state index contributed by atoms with van der Waals surface area (Å²) in [4.78, 5) is 49.7. The number of benzene rings is 2. The predicted molar refractivity (Wildman–Crippen MR) is 106 cm³/mol. The molecule has 1 atom stereocenters. The molecule has 29 heavy (non-hydrogen) atoms. The van der Waals surface area contributed by atoms with E-state index in [0.29, 0.717) is 29.9 Å². The minimum atomic E-state index is -1.07. The number of hydrogen-bond donors (Lipinski definition) is 2. The van der Waals surface area contributed by atoms with Gasteiger partial charge in [-0.2, -0.15) is 0 Å². The lowest BCUT2D eigenvalue weighted by Crippen LogP contribution is -2.31. The highest BCUT2D eigenvalue weighted by Gasteiger charge is 2.27. The van der Waals surface area contributed by atoms with Crippen LogP contribution in [-0.2, 0) is 14.3 Å². The van der Waals surface area contributed by atoms with Crippen LogP contribution in [-0.4, -0.2) is 36.3 Å². The average Bonchev–Trinajstić information content (AvgIpc) is 3.14. The SMILES string of the molecule is C[C@@H](OC(=O)c1ccccc1N1CCCC1=O)C(=O)Nc1ccc(C(N)=O)cc1. The molecular formula is C21H21N3O5. The highest BCUT2D eigenvalue weighted by atomic mass is 16.5. The minimum Gasteiger partial charge on any atom is -0.449 e. The lowest BCUT2D eigenvalue weighted by molar-refractivity contribution is -0.123. The number of ether oxygens (including phenoxy) is 1. The van der Waals surface area contributed by atoms with Crippen LogP contribution in [0.2, 0.25) is 0 Å². The van der Waals surface area contributed by atoms with E-state index in [-0.39, 0.29) is 11.5 Å². The maximum absolute atomic E-state index is 12.6. The van der Waals surface area contributed by atoms with Crippen molar-refractivity contribution in [3.63, 3.8) is 0 Å². The first-order chi connectivity index (χ1) is 13.9. The first-order valence-electron chi connectivity index (χ1n) is 9.18. The van der Waals surface area contributed by atoms with Gasteiger partial charge in [0.2, 0.25) is 11.8 Å². The van der Waals surface area contributed by atoms with Gasteiger partial charge in [0.1, 0.15) is 0 Å². The molecule has 0 aromatic heterocycles. The van der Waals surface area contributed by atoms with Gasteiger partial charge in [0.25, 0.3) is 5.91 Å². The second-order valence-corrected chi connectivity index (χ2v) is 6.64. The van der Waals surface area contributed by atoms with Gasteiger partial charge in [0.15, 0.2) is 6.10 Å². The normalized spacial score (nSPS) is 14.4. The third-order valence-corrected chi connectivity index (χ3v) is 4.58. The number of nitrogens with one attached hydrogen (secondary N) is 1. The molecule has 0 unspecified atom stereocenters. The van der Waals surface area contributed by atoms with Gasteiger partial charge in [0, 0.05) is 24.2 Å². The Morgan fingerprint density at radius 2 is 1.79 bits per heavy atom. The van der Waals surface area contributed by atoms with Gasteiger partial charge in [-0.05, 0) is 49.7 Å². The molecule has 1 heterocycles. The highest BCUT2D eigenvalue weighted by molar-refractivity contribution is 6.04. The summed E-state index contributed by atoms with van der Waals surface area (Å²) in [6, 6.07) is 12.7. The molecule has 0 spiro atoms. The molecule has 0 radical (unpaired) electrons. The van der Waals surface area contributed by atoms with Gasteiger partial charge < -0.3 is 20.7 Å². The van der Waals surface area contributed by atoms with Crippen molar-refractivity contribution in [3.05, 3.63) is 59.7 Å². The molecule has 1 aliphatic heterocycles. The molecule has 3 rings (SSSR count). The minimum absolute atomic E-state index is 0.0459. The van der Waals surface area contributed by atoms with Gasteiger partial charge >= 0.3 is 5.97 Å². The van der Waals surface area contributed by atoms with Crippen molar-refractivity contribution in [2.45, 2.75) is 25.9 Å². The summed E-state index contributed by atoms with van der Waals surface area (Å²) >= 11 is 0. The average molecular weight is 395 g/mol. The van der Waals surface area contributed by atoms with E-state index in [0.717, 1.165) is 6.42 Å². The molecule has 8 nitrogen and oxygen atoms in total. The third-order valence-electron chi connectivity index (χ3n) is 4.58. The van der Waals surface area contributed by atoms with Crippen LogP contribution in [0.4, 0.5) is 11.4 Å². The molecular weight excluding hydrogens is 374 g/mol. The van der Waals surface area contributed by atoms with E-state index < -0.39 is 23.9 Å². The zero-order valence-electron chi connectivity index (χ0n) is 15.9. The van der Waals surface area contributed by atoms with Crippen LogP contribution in [0.15, 0.2) is 48.5 Å². The largest absolute Gasteiger partial charge is 0.449 e. The van der Waals surface area contributed by atoms with Gasteiger partial charge in [-0.1, -0.05) is 12.1 Å². The second-order valence-electron chi connectivity index (χ2n) is 6.64. The number of primary amides is 1. The van der Waals surface area contributed by atoms with Crippen molar-refractivity contribution in [1.82, 2.24) is 0 Å². The second kappa shape index (κ2) is 8.55. The van der Waals surface area contributed by atoms with Crippen molar-refractivity contribution >= 4 is 35.1 Å². The Morgan fingerprint density at radius 1 is 1.10 bits per heavy atom. The highest BCUT2D eigenvalue weighted by Crippen LogP contribution is 2.26. The monoisotopic (exact) mass is 395 g/mol. The quantitative estimate of drug-likeness (QED) is 0.726. The summed E-state index contributed by atoms with van der Waals surface area (Å²) in [7, 11) is 0. The van der Waals surface area contributed by atoms with Gasteiger partial charge in [-0.3, -0.25) is 14.4 Å². The van der Waals surface area contributed by atoms with Gasteiger partial charge in [-0.25, -0.2) is 4.79 Å². The summed E-state index contributed by atoms with van der Waals surface area (Å²) < 4.78 is 5.30. The van der Waals surface area contributed by atoms with E-state index in [9.17, 15) is 19.2 Å². The van der Waals surface area contributed by atoms with Crippen molar-refractivity contribution in [2.24, 2.45) is 5.73 Å². The van der Waals surface area contributed by atoms with Crippen LogP contribution in [0, 0.1) is 0 Å². The molecule has 1 fully saturated rings. The summed E-state index contributed by atoms with van der Waals surface area (Å²) in [5.41, 5.74) is 6.64. The summed E-state index contributed by atoms with van der Waals surface area (Å²) in [6.45, 7) is 2.00. The number of anilines is 2. The van der Waals surface area contributed by atoms with Crippen LogP contribution >= 0.6 is 0 Å². The lowest BCUT2D eigenvalue weighted by atomic mass is 10.1. The number of rotatable bonds is 6. The Kier molecular flexibility index (Phi) is 5.92. The van der Waals surface area contributed by atoms with Crippen molar-refractivity contribution in [3.8, 4) is 0 Å². The van der Waals surface area contributed by atoms with Gasteiger partial charge in [0.05, 0.1) is 11.3 Å². The standard InChI is InChI=1S/C21H21N3O5/c1-13(20(27)23-15-10-8-14(9-11-15)19(22)26)29-21(28)16-5-2-3-6-17(16)24-12-4-7-18(24)25/h2-3,5-6,8-11,13H,4,7,12H2,1H3,(H2,22,26)(H,23,27)/t13-/m1/s1. The molecule has 8 heteroatoms. The first-order valence-corrected chi connectivity index (χ1v) is 9.18. The zero-order chi connectivity index (χ0) is 21.0. The van der Waals surface area contributed by atoms with Gasteiger partial charge in [-0.15, -0.1) is 0 Å². The summed E-state index contributed by atoms with van der Waals surface area (Å²) in [5, 5.41) is 2.61. The van der Waals surface area contributed by atoms with E-state index in [4.69, 9.17) is 10.5 Å². The Hall–Kier alpha value is -3.68. The van der Waals surface area contributed by atoms with Crippen molar-refractivity contribution in [2.75, 3.05) is 16.8 Å². The fraction of sp³-hybridized carbons (Fsp3) is 0.238. The smallest absolute Gasteiger partial charge is 0.341 e. The molecule has 0 aliphatic carbocycles. The molecule has 0 bridgehead atoms. The molecule has 3 amide bonds. The fourth-order valence-electron chi connectivity index (χ4n) is 3.02. The van der Waals surface area contributed by atoms with Crippen LogP contribution in [0.3, 0.4) is 0 Å². The number of para-hydroxylation sites is 1. The molecule has 1 aliphatic rings. The number of amides is 3. The van der Waals surface area contributed by atoms with E-state index in [1.54, 1.807) is 29.2 Å². The third kappa shape index (κ3) is 4.60. The fourth-order valence-corrected chi connectivity index (χ4v) is 3.02. The van der Waals surface area contributed by atoms with Crippen LogP contribution in [0.5, 0.6) is 0 Å². The molecule has 1 saturated heterocycles. The molecule has 3 N–H and O–H groups in total. The maximum atomic E-state index is 12.6. The Balaban J connectivity index is 1.67. The number of hydrogen-bond acceptors (Lipinski definition) is 5. The maximum Gasteiger partial charge on any atom is 0.341 e. The number of carbonyl (C=O) groups is 4. The predicted octanol–water partition coefficient (Wildman–Crippen LogP) is 2.10. The summed E-state index contributed by atoms with van der Waals surface area (Å²) in [5.74, 6) is -1.83. The Morgan fingerprint density at radius 3 is 2.41 bits per heavy atom. The zero-order valence-corrected chi connectivity index (χ0v) is 15.9. The topological polar surface area (TPSA) is 119 Å². The molecule has 150 valence electrons. The van der Waals surface area contributed by atoms with E-state index in [2.05, 4.69) is 5.32 Å². The Labute approximate surface area is 167 Å². The molecule has 2 aromatic carbocycles. The lowest BCUT2D eigenvalue weighted by Gasteiger charge is -2.20. The van der Waals surface area contributed by atoms with Crippen molar-refractivity contribution in [1.29, 1.82) is 0 Å². The van der Waals surface area contributed by atoms with E-state index >= 15 is 0 Å². The Bertz CT molecular complexity index is 955. The summed E-state index contributed by atoms with van der Waals surface area (Å²) in [6.07, 6.45) is 0.104. The van der Waals surface area contributed by atoms with E-state index in [1.807, 2.05) is 0 Å². The van der Waals surface area contributed by atoms with Crippen LogP contribution in [0.25, 0.3) is 0 Å². The number of carbonyl (C=O) groups excluding carboxylic acids is 4.